The van der Waals surface area contributed by atoms with E-state index in [1.165, 1.54) is 19.3 Å². The van der Waals surface area contributed by atoms with E-state index in [0.717, 1.165) is 24.7 Å². The molecule has 0 aromatic carbocycles. The molecule has 96 valence electrons. The molecule has 1 aromatic rings. The van der Waals surface area contributed by atoms with Crippen molar-refractivity contribution in [3.8, 4) is 0 Å². The second-order valence-corrected chi connectivity index (χ2v) is 5.30. The smallest absolute Gasteiger partial charge is 0.146 e. The third-order valence-electron chi connectivity index (χ3n) is 4.15. The van der Waals surface area contributed by atoms with Crippen LogP contribution in [-0.4, -0.2) is 45.8 Å². The van der Waals surface area contributed by atoms with Crippen molar-refractivity contribution < 1.29 is 0 Å². The first-order chi connectivity index (χ1) is 8.05. The number of nitrogens with one attached hydrogen (secondary N) is 1. The highest BCUT2D eigenvalue weighted by Crippen LogP contribution is 2.35. The Balaban J connectivity index is 1.85. The summed E-state index contributed by atoms with van der Waals surface area (Å²) in [6.07, 6.45) is 3.94. The van der Waals surface area contributed by atoms with E-state index >= 15 is 0 Å². The van der Waals surface area contributed by atoms with Crippen LogP contribution in [0.25, 0.3) is 0 Å². The molecule has 1 N–H and O–H groups in total. The Morgan fingerprint density at radius 3 is 2.47 bits per heavy atom. The van der Waals surface area contributed by atoms with Gasteiger partial charge in [0.25, 0.3) is 0 Å². The number of aryl methyl sites for hydroxylation is 1. The van der Waals surface area contributed by atoms with E-state index in [9.17, 15) is 0 Å². The lowest BCUT2D eigenvalue weighted by Crippen LogP contribution is -2.56. The number of likely N-dealkylation sites (N-methyl/N-ethyl adjacent to an activating group) is 1. The van der Waals surface area contributed by atoms with E-state index in [4.69, 9.17) is 0 Å². The number of hydrogen-bond donors (Lipinski definition) is 1. The zero-order valence-electron chi connectivity index (χ0n) is 11.3. The van der Waals surface area contributed by atoms with Gasteiger partial charge in [-0.05, 0) is 40.3 Å². The zero-order chi connectivity index (χ0) is 12.5. The molecule has 1 heterocycles. The van der Waals surface area contributed by atoms with Gasteiger partial charge in [0.1, 0.15) is 11.6 Å². The molecule has 0 amide bonds. The van der Waals surface area contributed by atoms with Gasteiger partial charge in [-0.25, -0.2) is 0 Å². The molecule has 5 nitrogen and oxygen atoms in total. The highest BCUT2D eigenvalue weighted by atomic mass is 15.3. The van der Waals surface area contributed by atoms with Crippen LogP contribution in [-0.2, 0) is 13.6 Å². The van der Waals surface area contributed by atoms with E-state index in [2.05, 4.69) is 34.5 Å². The van der Waals surface area contributed by atoms with Crippen molar-refractivity contribution in [3.05, 3.63) is 11.6 Å². The summed E-state index contributed by atoms with van der Waals surface area (Å²) in [6.45, 7) is 3.81. The normalized spacial score (nSPS) is 18.4. The molecule has 0 bridgehead atoms. The first-order valence-corrected chi connectivity index (χ1v) is 6.28. The summed E-state index contributed by atoms with van der Waals surface area (Å²) in [7, 11) is 6.36. The monoisotopic (exact) mass is 237 g/mol. The van der Waals surface area contributed by atoms with E-state index < -0.39 is 0 Å². The summed E-state index contributed by atoms with van der Waals surface area (Å²) in [5, 5.41) is 11.7. The van der Waals surface area contributed by atoms with Crippen LogP contribution in [0, 0.1) is 6.92 Å². The molecule has 0 unspecified atom stereocenters. The third kappa shape index (κ3) is 2.35. The molecule has 0 atom stereocenters. The summed E-state index contributed by atoms with van der Waals surface area (Å²) >= 11 is 0. The first kappa shape index (κ1) is 12.5. The van der Waals surface area contributed by atoms with Crippen molar-refractivity contribution in [1.29, 1.82) is 0 Å². The van der Waals surface area contributed by atoms with Crippen molar-refractivity contribution in [2.75, 3.05) is 20.6 Å². The molecule has 0 saturated heterocycles. The molecule has 17 heavy (non-hydrogen) atoms. The zero-order valence-corrected chi connectivity index (χ0v) is 11.3. The third-order valence-corrected chi connectivity index (χ3v) is 4.15. The van der Waals surface area contributed by atoms with Crippen LogP contribution in [0.5, 0.6) is 0 Å². The Morgan fingerprint density at radius 2 is 2.06 bits per heavy atom. The average molecular weight is 237 g/mol. The van der Waals surface area contributed by atoms with Crippen molar-refractivity contribution >= 4 is 0 Å². The summed E-state index contributed by atoms with van der Waals surface area (Å²) in [5.74, 6) is 1.98. The Bertz CT molecular complexity index is 378. The van der Waals surface area contributed by atoms with Gasteiger partial charge in [-0.1, -0.05) is 0 Å². The molecular weight excluding hydrogens is 214 g/mol. The summed E-state index contributed by atoms with van der Waals surface area (Å²) < 4.78 is 2.04. The maximum atomic E-state index is 4.16. The fourth-order valence-electron chi connectivity index (χ4n) is 2.38. The highest BCUT2D eigenvalue weighted by Gasteiger charge is 2.38. The number of hydrogen-bond acceptors (Lipinski definition) is 4. The van der Waals surface area contributed by atoms with Gasteiger partial charge in [-0.15, -0.1) is 10.2 Å². The average Bonchev–Trinajstić information content (AvgIpc) is 2.52. The predicted octanol–water partition coefficient (Wildman–Crippen LogP) is 0.697. The minimum atomic E-state index is 0.369. The molecule has 2 rings (SSSR count). The molecule has 0 radical (unpaired) electrons. The van der Waals surface area contributed by atoms with Crippen LogP contribution >= 0.6 is 0 Å². The van der Waals surface area contributed by atoms with Crippen LogP contribution in [0.4, 0.5) is 0 Å². The van der Waals surface area contributed by atoms with E-state index in [1.54, 1.807) is 0 Å². The van der Waals surface area contributed by atoms with Crippen molar-refractivity contribution in [2.45, 2.75) is 38.3 Å². The van der Waals surface area contributed by atoms with Crippen molar-refractivity contribution in [3.63, 3.8) is 0 Å². The van der Waals surface area contributed by atoms with Crippen LogP contribution < -0.4 is 5.32 Å². The Labute approximate surface area is 103 Å². The summed E-state index contributed by atoms with van der Waals surface area (Å²) in [4.78, 5) is 2.35. The van der Waals surface area contributed by atoms with Crippen LogP contribution in [0.2, 0.25) is 0 Å². The van der Waals surface area contributed by atoms with Gasteiger partial charge in [0.15, 0.2) is 0 Å². The number of aromatic nitrogens is 3. The highest BCUT2D eigenvalue weighted by molar-refractivity contribution is 4.99. The van der Waals surface area contributed by atoms with Gasteiger partial charge in [0.05, 0.1) is 6.54 Å². The van der Waals surface area contributed by atoms with Gasteiger partial charge in [-0.3, -0.25) is 0 Å². The van der Waals surface area contributed by atoms with Gasteiger partial charge >= 0.3 is 0 Å². The lowest BCUT2D eigenvalue weighted by Gasteiger charge is -2.47. The second-order valence-electron chi connectivity index (χ2n) is 5.30. The van der Waals surface area contributed by atoms with Gasteiger partial charge in [-0.2, -0.15) is 0 Å². The Kier molecular flexibility index (Phi) is 3.49. The maximum absolute atomic E-state index is 4.16. The predicted molar refractivity (Wildman–Crippen MR) is 67.7 cm³/mol. The van der Waals surface area contributed by atoms with Gasteiger partial charge in [0, 0.05) is 19.1 Å². The lowest BCUT2D eigenvalue weighted by molar-refractivity contribution is 0.0596. The quantitative estimate of drug-likeness (QED) is 0.819. The number of nitrogens with zero attached hydrogens (tertiary/aromatic N) is 4. The SMILES string of the molecule is Cc1nnc(CNCC2(N(C)C)CCC2)n1C. The van der Waals surface area contributed by atoms with Crippen molar-refractivity contribution in [1.82, 2.24) is 25.0 Å². The molecule has 1 aliphatic rings. The first-order valence-electron chi connectivity index (χ1n) is 6.28. The van der Waals surface area contributed by atoms with Crippen molar-refractivity contribution in [2.24, 2.45) is 7.05 Å². The standard InChI is InChI=1S/C12H23N5/c1-10-14-15-11(17(10)4)8-13-9-12(16(2)3)6-5-7-12/h13H,5-9H2,1-4H3. The molecule has 1 aliphatic carbocycles. The molecular formula is C12H23N5. The topological polar surface area (TPSA) is 46.0 Å². The fraction of sp³-hybridized carbons (Fsp3) is 0.833. The molecule has 1 saturated carbocycles. The summed E-state index contributed by atoms with van der Waals surface area (Å²) in [6, 6.07) is 0. The molecule has 0 aliphatic heterocycles. The van der Waals surface area contributed by atoms with E-state index in [0.29, 0.717) is 5.54 Å². The lowest BCUT2D eigenvalue weighted by atomic mass is 9.75. The molecule has 1 aromatic heterocycles. The Morgan fingerprint density at radius 1 is 1.35 bits per heavy atom. The van der Waals surface area contributed by atoms with E-state index in [1.807, 2.05) is 18.5 Å². The maximum Gasteiger partial charge on any atom is 0.146 e. The number of rotatable bonds is 5. The minimum Gasteiger partial charge on any atom is -0.317 e. The summed E-state index contributed by atoms with van der Waals surface area (Å²) in [5.41, 5.74) is 0.369. The van der Waals surface area contributed by atoms with Crippen LogP contribution in [0.1, 0.15) is 30.9 Å². The van der Waals surface area contributed by atoms with E-state index in [-0.39, 0.29) is 0 Å². The molecule has 0 spiro atoms. The van der Waals surface area contributed by atoms with Gasteiger partial charge in [0.2, 0.25) is 0 Å². The van der Waals surface area contributed by atoms with Crippen LogP contribution in [0.15, 0.2) is 0 Å². The van der Waals surface area contributed by atoms with Crippen LogP contribution in [0.3, 0.4) is 0 Å². The Hall–Kier alpha value is -0.940. The minimum absolute atomic E-state index is 0.369. The second kappa shape index (κ2) is 4.74. The van der Waals surface area contributed by atoms with Gasteiger partial charge < -0.3 is 14.8 Å². The molecule has 5 heteroatoms. The molecule has 1 fully saturated rings. The largest absolute Gasteiger partial charge is 0.317 e. The fourth-order valence-corrected chi connectivity index (χ4v) is 2.38.